The van der Waals surface area contributed by atoms with Crippen molar-refractivity contribution in [3.05, 3.63) is 71.1 Å². The van der Waals surface area contributed by atoms with Crippen LogP contribution >= 0.6 is 0 Å². The third kappa shape index (κ3) is 1.63. The molecule has 18 heavy (non-hydrogen) atoms. The van der Waals surface area contributed by atoms with E-state index in [2.05, 4.69) is 12.1 Å². The number of hydrogen-bond acceptors (Lipinski definition) is 1. The fraction of sp³-hybridized carbons (Fsp3) is 0.0625. The molecule has 2 heteroatoms. The highest BCUT2D eigenvalue weighted by Gasteiger charge is 2.07. The molecule has 3 aromatic rings. The number of benzene rings is 2. The molecular weight excluding hydrogens is 222 g/mol. The lowest BCUT2D eigenvalue weighted by Gasteiger charge is -2.09. The van der Waals surface area contributed by atoms with Gasteiger partial charge in [0.1, 0.15) is 0 Å². The van der Waals surface area contributed by atoms with Crippen molar-refractivity contribution in [2.24, 2.45) is 7.05 Å². The number of rotatable bonds is 1. The zero-order chi connectivity index (χ0) is 12.5. The monoisotopic (exact) mass is 235 g/mol. The quantitative estimate of drug-likeness (QED) is 0.635. The number of nitrogens with zero attached hydrogens (tertiary/aromatic N) is 1. The second-order valence-corrected chi connectivity index (χ2v) is 4.37. The third-order valence-corrected chi connectivity index (χ3v) is 3.18. The average Bonchev–Trinajstić information content (AvgIpc) is 2.44. The fourth-order valence-corrected chi connectivity index (χ4v) is 2.26. The van der Waals surface area contributed by atoms with E-state index in [4.69, 9.17) is 0 Å². The van der Waals surface area contributed by atoms with E-state index in [0.29, 0.717) is 0 Å². The van der Waals surface area contributed by atoms with Crippen LogP contribution in [0.3, 0.4) is 0 Å². The van der Waals surface area contributed by atoms with Crippen LogP contribution in [-0.4, -0.2) is 4.57 Å². The maximum atomic E-state index is 12.1. The molecule has 0 amide bonds. The summed E-state index contributed by atoms with van der Waals surface area (Å²) in [6.45, 7) is 0. The van der Waals surface area contributed by atoms with Gasteiger partial charge in [0.05, 0.1) is 0 Å². The van der Waals surface area contributed by atoms with Crippen molar-refractivity contribution in [1.82, 2.24) is 4.57 Å². The van der Waals surface area contributed by atoms with E-state index in [1.165, 1.54) is 0 Å². The predicted octanol–water partition coefficient (Wildman–Crippen LogP) is 3.21. The molecule has 1 heterocycles. The van der Waals surface area contributed by atoms with Crippen molar-refractivity contribution in [3.8, 4) is 11.1 Å². The van der Waals surface area contributed by atoms with Crippen molar-refractivity contribution >= 4 is 10.8 Å². The molecule has 0 unspecified atom stereocenters. The summed E-state index contributed by atoms with van der Waals surface area (Å²) in [7, 11) is 1.79. The minimum Gasteiger partial charge on any atom is -0.317 e. The molecule has 0 radical (unpaired) electrons. The van der Waals surface area contributed by atoms with Crippen LogP contribution in [0.25, 0.3) is 21.9 Å². The number of aromatic nitrogens is 1. The van der Waals surface area contributed by atoms with E-state index in [9.17, 15) is 4.79 Å². The van der Waals surface area contributed by atoms with E-state index in [1.54, 1.807) is 11.6 Å². The first-order chi connectivity index (χ1) is 8.77. The number of aryl methyl sites for hydroxylation is 1. The van der Waals surface area contributed by atoms with Crippen LogP contribution < -0.4 is 5.56 Å². The summed E-state index contributed by atoms with van der Waals surface area (Å²) in [5, 5.41) is 1.77. The van der Waals surface area contributed by atoms with Crippen LogP contribution in [0.4, 0.5) is 0 Å². The van der Waals surface area contributed by atoms with Crippen LogP contribution in [0.15, 0.2) is 65.6 Å². The average molecular weight is 235 g/mol. The Hall–Kier alpha value is -2.35. The lowest BCUT2D eigenvalue weighted by Crippen LogP contribution is -2.16. The minimum absolute atomic E-state index is 0.0466. The summed E-state index contributed by atoms with van der Waals surface area (Å²) in [6.07, 6.45) is 1.90. The Balaban J connectivity index is 2.44. The summed E-state index contributed by atoms with van der Waals surface area (Å²) in [4.78, 5) is 12.1. The normalized spacial score (nSPS) is 10.7. The van der Waals surface area contributed by atoms with Crippen molar-refractivity contribution in [2.75, 3.05) is 0 Å². The molecule has 0 N–H and O–H groups in total. The number of hydrogen-bond donors (Lipinski definition) is 0. The molecule has 0 saturated heterocycles. The maximum absolute atomic E-state index is 12.1. The van der Waals surface area contributed by atoms with Crippen LogP contribution in [0, 0.1) is 0 Å². The molecule has 1 aromatic heterocycles. The summed E-state index contributed by atoms with van der Waals surface area (Å²) >= 11 is 0. The fourth-order valence-electron chi connectivity index (χ4n) is 2.26. The number of pyridine rings is 1. The molecule has 0 saturated carbocycles. The first kappa shape index (κ1) is 10.8. The van der Waals surface area contributed by atoms with Gasteiger partial charge in [-0.25, -0.2) is 0 Å². The lowest BCUT2D eigenvalue weighted by atomic mass is 10.0. The standard InChI is InChI=1S/C16H13NO/c1-17-11-15(12-7-3-2-4-8-12)13-9-5-6-10-14(13)16(17)18/h2-11H,1H3. The Morgan fingerprint density at radius 1 is 0.833 bits per heavy atom. The second-order valence-electron chi connectivity index (χ2n) is 4.37. The van der Waals surface area contributed by atoms with E-state index in [0.717, 1.165) is 21.9 Å². The van der Waals surface area contributed by atoms with Gasteiger partial charge in [-0.15, -0.1) is 0 Å². The van der Waals surface area contributed by atoms with Gasteiger partial charge >= 0.3 is 0 Å². The van der Waals surface area contributed by atoms with Gasteiger partial charge in [0.15, 0.2) is 0 Å². The highest BCUT2D eigenvalue weighted by molar-refractivity contribution is 5.95. The molecule has 0 fully saturated rings. The van der Waals surface area contributed by atoms with Gasteiger partial charge in [0.25, 0.3) is 5.56 Å². The zero-order valence-corrected chi connectivity index (χ0v) is 10.1. The molecule has 0 aliphatic rings. The van der Waals surface area contributed by atoms with Crippen molar-refractivity contribution < 1.29 is 0 Å². The Kier molecular flexibility index (Phi) is 2.49. The third-order valence-electron chi connectivity index (χ3n) is 3.18. The number of fused-ring (bicyclic) bond motifs is 1. The molecule has 2 nitrogen and oxygen atoms in total. The zero-order valence-electron chi connectivity index (χ0n) is 10.1. The minimum atomic E-state index is 0.0466. The highest BCUT2D eigenvalue weighted by Crippen LogP contribution is 2.25. The first-order valence-corrected chi connectivity index (χ1v) is 5.91. The van der Waals surface area contributed by atoms with Gasteiger partial charge in [-0.3, -0.25) is 4.79 Å². The molecule has 2 aromatic carbocycles. The summed E-state index contributed by atoms with van der Waals surface area (Å²) in [6, 6.07) is 17.9. The van der Waals surface area contributed by atoms with E-state index < -0.39 is 0 Å². The van der Waals surface area contributed by atoms with Crippen LogP contribution in [0.1, 0.15) is 0 Å². The van der Waals surface area contributed by atoms with Gasteiger partial charge in [0.2, 0.25) is 0 Å². The molecule has 0 aliphatic carbocycles. The molecule has 3 rings (SSSR count). The first-order valence-electron chi connectivity index (χ1n) is 5.91. The van der Waals surface area contributed by atoms with Crippen molar-refractivity contribution in [2.45, 2.75) is 0 Å². The van der Waals surface area contributed by atoms with Crippen LogP contribution in [-0.2, 0) is 7.05 Å². The van der Waals surface area contributed by atoms with E-state index >= 15 is 0 Å². The smallest absolute Gasteiger partial charge is 0.258 e. The van der Waals surface area contributed by atoms with Crippen LogP contribution in [0.5, 0.6) is 0 Å². The van der Waals surface area contributed by atoms with E-state index in [-0.39, 0.29) is 5.56 Å². The summed E-state index contributed by atoms with van der Waals surface area (Å²) in [5.41, 5.74) is 2.27. The lowest BCUT2D eigenvalue weighted by molar-refractivity contribution is 0.875. The van der Waals surface area contributed by atoms with Gasteiger partial charge in [0, 0.05) is 24.2 Å². The van der Waals surface area contributed by atoms with Gasteiger partial charge in [-0.1, -0.05) is 48.5 Å². The highest BCUT2D eigenvalue weighted by atomic mass is 16.1. The van der Waals surface area contributed by atoms with Gasteiger partial charge < -0.3 is 4.57 Å². The maximum Gasteiger partial charge on any atom is 0.258 e. The molecule has 0 atom stereocenters. The van der Waals surface area contributed by atoms with Crippen molar-refractivity contribution in [1.29, 1.82) is 0 Å². The molecule has 0 bridgehead atoms. The molecule has 0 aliphatic heterocycles. The molecule has 88 valence electrons. The van der Waals surface area contributed by atoms with Crippen LogP contribution in [0.2, 0.25) is 0 Å². The molecule has 0 spiro atoms. The van der Waals surface area contributed by atoms with Gasteiger partial charge in [-0.2, -0.15) is 0 Å². The Morgan fingerprint density at radius 2 is 1.44 bits per heavy atom. The van der Waals surface area contributed by atoms with E-state index in [1.807, 2.05) is 48.7 Å². The summed E-state index contributed by atoms with van der Waals surface area (Å²) < 4.78 is 1.64. The Bertz CT molecular complexity index is 757. The van der Waals surface area contributed by atoms with Crippen molar-refractivity contribution in [3.63, 3.8) is 0 Å². The topological polar surface area (TPSA) is 22.0 Å². The largest absolute Gasteiger partial charge is 0.317 e. The summed E-state index contributed by atoms with van der Waals surface area (Å²) in [5.74, 6) is 0. The molecular formula is C16H13NO. The Labute approximate surface area is 105 Å². The van der Waals surface area contributed by atoms with Gasteiger partial charge in [-0.05, 0) is 17.0 Å². The SMILES string of the molecule is Cn1cc(-c2ccccc2)c2ccccc2c1=O. The second kappa shape index (κ2) is 4.15. The predicted molar refractivity (Wildman–Crippen MR) is 74.6 cm³/mol. The Morgan fingerprint density at radius 3 is 2.17 bits per heavy atom.